The Hall–Kier alpha value is -3.59. The van der Waals surface area contributed by atoms with Gasteiger partial charge in [0, 0.05) is 51.0 Å². The third kappa shape index (κ3) is 35.0. The van der Waals surface area contributed by atoms with Crippen molar-refractivity contribution < 1.29 is 56.9 Å². The van der Waals surface area contributed by atoms with E-state index in [1.807, 2.05) is 6.92 Å². The summed E-state index contributed by atoms with van der Waals surface area (Å²) in [5.74, 6) is -1.93. The molecule has 0 N–H and O–H groups in total. The van der Waals surface area contributed by atoms with Crippen LogP contribution < -0.4 is 4.74 Å². The first kappa shape index (κ1) is 68.5. The fourth-order valence-corrected chi connectivity index (χ4v) is 10.2. The van der Waals surface area contributed by atoms with Crippen molar-refractivity contribution in [1.82, 2.24) is 8.75 Å². The SMILES string of the molecule is CCCCCCCCCCCCCCCC(=O)OCC(COC(=O)CCCCCCCCCCCCCCC)OC(=O)CCCOC(=O)CC(C)CC(=O)O[C@@H](C)[N+]1(C)CCC=C(c2nsnc2OCCCCCC)C1. The second-order valence-electron chi connectivity index (χ2n) is 22.1. The van der Waals surface area contributed by atoms with Gasteiger partial charge in [0.25, 0.3) is 5.88 Å². The summed E-state index contributed by atoms with van der Waals surface area (Å²) in [7, 11) is 2.07. The summed E-state index contributed by atoms with van der Waals surface area (Å²) < 4.78 is 43.5. The topological polar surface area (TPSA) is 167 Å². The second kappa shape index (κ2) is 45.3. The van der Waals surface area contributed by atoms with Crippen LogP contribution in [0.3, 0.4) is 0 Å². The first-order chi connectivity index (χ1) is 36.9. The first-order valence-electron chi connectivity index (χ1n) is 30.7. The molecule has 0 spiro atoms. The number of nitrogens with zero attached hydrogens (tertiary/aromatic N) is 3. The number of carbonyl (C=O) groups excluding carboxylic acids is 5. The highest BCUT2D eigenvalue weighted by Gasteiger charge is 2.37. The van der Waals surface area contributed by atoms with Gasteiger partial charge in [-0.2, -0.15) is 4.37 Å². The highest BCUT2D eigenvalue weighted by molar-refractivity contribution is 6.99. The molecule has 0 saturated carbocycles. The van der Waals surface area contributed by atoms with E-state index in [1.165, 1.54) is 135 Å². The largest absolute Gasteiger partial charge is 0.475 e. The molecule has 2 rings (SSSR count). The van der Waals surface area contributed by atoms with Gasteiger partial charge in [-0.15, -0.1) is 4.37 Å². The number of aromatic nitrogens is 2. The van der Waals surface area contributed by atoms with Crippen molar-refractivity contribution in [3.8, 4) is 5.88 Å². The van der Waals surface area contributed by atoms with E-state index in [2.05, 4.69) is 42.6 Å². The molecule has 1 aromatic rings. The molecule has 0 saturated heterocycles. The number of quaternary nitrogens is 1. The van der Waals surface area contributed by atoms with Crippen molar-refractivity contribution in [3.63, 3.8) is 0 Å². The van der Waals surface area contributed by atoms with Crippen LogP contribution in [0.25, 0.3) is 5.57 Å². The number of carbonyl (C=O) groups is 5. The van der Waals surface area contributed by atoms with E-state index < -0.39 is 24.3 Å². The minimum absolute atomic E-state index is 0.0131. The number of rotatable bonds is 50. The third-order valence-corrected chi connectivity index (χ3v) is 15.2. The van der Waals surface area contributed by atoms with Gasteiger partial charge in [-0.05, 0) is 31.6 Å². The van der Waals surface area contributed by atoms with Gasteiger partial charge in [-0.25, -0.2) is 0 Å². The molecule has 0 amide bonds. The van der Waals surface area contributed by atoms with Crippen LogP contribution in [0, 0.1) is 5.92 Å². The Bertz CT molecular complexity index is 1660. The van der Waals surface area contributed by atoms with Gasteiger partial charge < -0.3 is 28.4 Å². The van der Waals surface area contributed by atoms with Crippen LogP contribution in [0.4, 0.5) is 0 Å². The molecule has 1 aliphatic heterocycles. The van der Waals surface area contributed by atoms with Crippen molar-refractivity contribution in [3.05, 3.63) is 11.8 Å². The summed E-state index contributed by atoms with van der Waals surface area (Å²) >= 11 is 1.14. The first-order valence-corrected chi connectivity index (χ1v) is 31.5. The van der Waals surface area contributed by atoms with Gasteiger partial charge >= 0.3 is 29.8 Å². The van der Waals surface area contributed by atoms with E-state index in [1.54, 1.807) is 6.92 Å². The van der Waals surface area contributed by atoms with Crippen LogP contribution in [0.5, 0.6) is 5.88 Å². The number of likely N-dealkylation sites (N-methyl/N-ethyl adjacent to an activating group) is 1. The zero-order chi connectivity index (χ0) is 55.3. The molecule has 2 unspecified atom stereocenters. The molecule has 76 heavy (non-hydrogen) atoms. The van der Waals surface area contributed by atoms with E-state index >= 15 is 0 Å². The summed E-state index contributed by atoms with van der Waals surface area (Å²) in [6, 6.07) is 0. The molecule has 2 heterocycles. The predicted molar refractivity (Wildman–Crippen MR) is 305 cm³/mol. The van der Waals surface area contributed by atoms with Crippen LogP contribution in [-0.2, 0) is 47.7 Å². The van der Waals surface area contributed by atoms with Crippen molar-refractivity contribution >= 4 is 47.1 Å². The Kier molecular flexibility index (Phi) is 40.8. The number of ether oxygens (including phenoxy) is 6. The zero-order valence-electron chi connectivity index (χ0n) is 49.0. The summed E-state index contributed by atoms with van der Waals surface area (Å²) in [6.07, 6.45) is 38.3. The van der Waals surface area contributed by atoms with Crippen LogP contribution in [0.2, 0.25) is 0 Å². The van der Waals surface area contributed by atoms with Crippen LogP contribution >= 0.6 is 11.7 Å². The van der Waals surface area contributed by atoms with Crippen molar-refractivity contribution in [2.75, 3.05) is 46.6 Å². The Labute approximate surface area is 465 Å². The lowest BCUT2D eigenvalue weighted by Gasteiger charge is -2.41. The maximum atomic E-state index is 13.1. The molecule has 14 nitrogen and oxygen atoms in total. The standard InChI is InChI=1S/C61H108N3O11S/c1-7-10-13-16-18-20-22-24-26-28-30-32-34-40-55(65)72-49-54(50-73-56(66)41-35-33-31-29-27-25-23-21-19-17-14-11-8-2)75-57(67)42-38-45-70-58(68)46-51(4)47-59(69)74-52(5)64(6)43-37-39-53(48-64)60-61(63-76-62-60)71-44-36-15-12-9-3/h39,51-52,54H,7-38,40-50H2,1-6H3/q+1/t51?,52-,64?/m0/s1. The Balaban J connectivity index is 1.73. The van der Waals surface area contributed by atoms with E-state index in [9.17, 15) is 24.0 Å². The Morgan fingerprint density at radius 2 is 0.961 bits per heavy atom. The Morgan fingerprint density at radius 1 is 0.513 bits per heavy atom. The molecular formula is C61H108N3O11S+. The van der Waals surface area contributed by atoms with Crippen LogP contribution in [0.1, 0.15) is 278 Å². The van der Waals surface area contributed by atoms with Gasteiger partial charge in [0.05, 0.1) is 38.5 Å². The number of unbranched alkanes of at least 4 members (excludes halogenated alkanes) is 27. The molecule has 15 heteroatoms. The summed E-state index contributed by atoms with van der Waals surface area (Å²) in [5.41, 5.74) is 1.79. The molecule has 0 aromatic carbocycles. The highest BCUT2D eigenvalue weighted by atomic mass is 32.1. The van der Waals surface area contributed by atoms with Gasteiger partial charge in [-0.3, -0.25) is 28.5 Å². The lowest BCUT2D eigenvalue weighted by Crippen LogP contribution is -2.55. The molecule has 1 aliphatic rings. The average Bonchev–Trinajstić information content (AvgIpc) is 3.87. The van der Waals surface area contributed by atoms with Crippen molar-refractivity contribution in [2.45, 2.75) is 285 Å². The third-order valence-electron chi connectivity index (χ3n) is 14.7. The molecule has 438 valence electrons. The van der Waals surface area contributed by atoms with Gasteiger partial charge in [-0.1, -0.05) is 207 Å². The average molecular weight is 1090 g/mol. The second-order valence-corrected chi connectivity index (χ2v) is 22.6. The lowest BCUT2D eigenvalue weighted by molar-refractivity contribution is -0.944. The molecule has 3 atom stereocenters. The normalized spacial score (nSPS) is 15.2. The smallest absolute Gasteiger partial charge is 0.310 e. The van der Waals surface area contributed by atoms with E-state index in [-0.39, 0.29) is 82.2 Å². The fourth-order valence-electron chi connectivity index (χ4n) is 9.64. The van der Waals surface area contributed by atoms with Crippen LogP contribution in [0.15, 0.2) is 6.08 Å². The van der Waals surface area contributed by atoms with E-state index in [0.29, 0.717) is 23.5 Å². The maximum absolute atomic E-state index is 13.1. The number of hydrogen-bond acceptors (Lipinski definition) is 14. The number of esters is 5. The van der Waals surface area contributed by atoms with E-state index in [0.717, 1.165) is 93.7 Å². The van der Waals surface area contributed by atoms with Crippen LogP contribution in [-0.4, -0.2) is 102 Å². The number of hydrogen-bond donors (Lipinski definition) is 0. The van der Waals surface area contributed by atoms with Crippen molar-refractivity contribution in [2.24, 2.45) is 5.92 Å². The summed E-state index contributed by atoms with van der Waals surface area (Å²) in [4.78, 5) is 64.3. The molecule has 1 aromatic heterocycles. The predicted octanol–water partition coefficient (Wildman–Crippen LogP) is 15.3. The van der Waals surface area contributed by atoms with Gasteiger partial charge in [0.15, 0.2) is 6.10 Å². The van der Waals surface area contributed by atoms with Gasteiger partial charge in [0.2, 0.25) is 6.23 Å². The molecule has 0 radical (unpaired) electrons. The van der Waals surface area contributed by atoms with E-state index in [4.69, 9.17) is 28.4 Å². The fraction of sp³-hybridized carbons (Fsp3) is 0.852. The van der Waals surface area contributed by atoms with Gasteiger partial charge in [0.1, 0.15) is 25.5 Å². The Morgan fingerprint density at radius 3 is 1.46 bits per heavy atom. The lowest BCUT2D eigenvalue weighted by atomic mass is 10.0. The minimum atomic E-state index is -0.949. The molecule has 0 fully saturated rings. The molecule has 0 aliphatic carbocycles. The van der Waals surface area contributed by atoms with Crippen molar-refractivity contribution in [1.29, 1.82) is 0 Å². The minimum Gasteiger partial charge on any atom is -0.475 e. The summed E-state index contributed by atoms with van der Waals surface area (Å²) in [5, 5.41) is 0. The zero-order valence-corrected chi connectivity index (χ0v) is 49.8. The summed E-state index contributed by atoms with van der Waals surface area (Å²) in [6.45, 7) is 12.0. The quantitative estimate of drug-likeness (QED) is 0.0262. The highest BCUT2D eigenvalue weighted by Crippen LogP contribution is 2.32. The maximum Gasteiger partial charge on any atom is 0.310 e. The molecule has 0 bridgehead atoms. The monoisotopic (exact) mass is 1090 g/mol. The molecular weight excluding hydrogens is 983 g/mol.